The molecule has 0 atom stereocenters. The van der Waals surface area contributed by atoms with Crippen molar-refractivity contribution in [2.45, 2.75) is 32.1 Å². The highest BCUT2D eigenvalue weighted by Crippen LogP contribution is 2.47. The minimum Gasteiger partial charge on any atom is -0.371 e. The molecule has 3 aliphatic rings. The molecule has 1 aliphatic carbocycles. The number of rotatable bonds is 1. The first-order chi connectivity index (χ1) is 14.8. The molecule has 0 amide bonds. The smallest absolute Gasteiger partial charge is 0.196 e. The Morgan fingerprint density at radius 3 is 2.58 bits per heavy atom. The Hall–Kier alpha value is -2.62. The number of thiophene rings is 1. The molecular weight excluding hydrogens is 404 g/mol. The fraction of sp³-hybridized carbons (Fsp3) is 0.440. The third-order valence-electron chi connectivity index (χ3n) is 7.75. The van der Waals surface area contributed by atoms with Gasteiger partial charge in [-0.05, 0) is 55.1 Å². The standard InChI is InChI=1S/C25H26N4OS/c1-24(2)18-10-15(29-8-6-25(7-9-29)13-28(3)14-25)4-5-17(18)21(30)20-22-19(27-23(20)24)11-16(12-26)31-22/h4-5,10-11,27H,6-9,13-14H2,1-3H3. The molecule has 0 unspecified atom stereocenters. The molecule has 5 nitrogen and oxygen atoms in total. The largest absolute Gasteiger partial charge is 0.371 e. The van der Waals surface area contributed by atoms with E-state index < -0.39 is 0 Å². The summed E-state index contributed by atoms with van der Waals surface area (Å²) >= 11 is 1.41. The number of fused-ring (bicyclic) bond motifs is 4. The van der Waals surface area contributed by atoms with Crippen molar-refractivity contribution in [2.75, 3.05) is 38.1 Å². The lowest BCUT2D eigenvalue weighted by Crippen LogP contribution is -2.58. The second kappa shape index (κ2) is 6.21. The molecule has 3 aromatic rings. The number of hydrogen-bond acceptors (Lipinski definition) is 5. The van der Waals surface area contributed by atoms with Gasteiger partial charge in [-0.25, -0.2) is 0 Å². The van der Waals surface area contributed by atoms with Crippen molar-refractivity contribution in [3.05, 3.63) is 51.5 Å². The van der Waals surface area contributed by atoms with Gasteiger partial charge >= 0.3 is 0 Å². The molecule has 0 bridgehead atoms. The van der Waals surface area contributed by atoms with Gasteiger partial charge < -0.3 is 14.8 Å². The molecule has 6 heteroatoms. The van der Waals surface area contributed by atoms with E-state index in [2.05, 4.69) is 53.9 Å². The molecule has 1 N–H and O–H groups in total. The predicted molar refractivity (Wildman–Crippen MR) is 124 cm³/mol. The quantitative estimate of drug-likeness (QED) is 0.617. The number of nitriles is 1. The molecule has 1 aromatic carbocycles. The number of hydrogen-bond donors (Lipinski definition) is 1. The summed E-state index contributed by atoms with van der Waals surface area (Å²) in [6.07, 6.45) is 2.49. The van der Waals surface area contributed by atoms with Crippen LogP contribution in [0.1, 0.15) is 58.7 Å². The first kappa shape index (κ1) is 19.1. The maximum Gasteiger partial charge on any atom is 0.196 e. The highest BCUT2D eigenvalue weighted by Gasteiger charge is 2.44. The number of aromatic nitrogens is 1. The number of nitrogens with one attached hydrogen (secondary N) is 1. The number of anilines is 1. The van der Waals surface area contributed by atoms with Gasteiger partial charge in [0.2, 0.25) is 0 Å². The van der Waals surface area contributed by atoms with E-state index in [4.69, 9.17) is 0 Å². The Morgan fingerprint density at radius 2 is 1.90 bits per heavy atom. The molecule has 158 valence electrons. The van der Waals surface area contributed by atoms with E-state index in [1.165, 1.54) is 43.0 Å². The Morgan fingerprint density at radius 1 is 1.16 bits per heavy atom. The van der Waals surface area contributed by atoms with E-state index in [1.807, 2.05) is 12.1 Å². The fourth-order valence-corrected chi connectivity index (χ4v) is 7.05. The molecule has 0 radical (unpaired) electrons. The number of carbonyl (C=O) groups excluding carboxylic acids is 1. The van der Waals surface area contributed by atoms with Crippen LogP contribution in [0.5, 0.6) is 0 Å². The lowest BCUT2D eigenvalue weighted by Gasteiger charge is -2.53. The molecule has 1 spiro atoms. The number of piperidine rings is 1. The van der Waals surface area contributed by atoms with Crippen LogP contribution in [-0.4, -0.2) is 48.9 Å². The van der Waals surface area contributed by atoms with Crippen molar-refractivity contribution < 1.29 is 4.79 Å². The Labute approximate surface area is 186 Å². The zero-order valence-electron chi connectivity index (χ0n) is 18.2. The number of H-pyrrole nitrogens is 1. The summed E-state index contributed by atoms with van der Waals surface area (Å²) in [5, 5.41) is 9.26. The van der Waals surface area contributed by atoms with Crippen LogP contribution >= 0.6 is 11.3 Å². The number of carbonyl (C=O) groups is 1. The van der Waals surface area contributed by atoms with Crippen LogP contribution in [0.25, 0.3) is 10.2 Å². The average Bonchev–Trinajstić information content (AvgIpc) is 3.30. The Kier molecular flexibility index (Phi) is 3.83. The predicted octanol–water partition coefficient (Wildman–Crippen LogP) is 4.50. The van der Waals surface area contributed by atoms with Gasteiger partial charge in [0.25, 0.3) is 0 Å². The molecular formula is C25H26N4OS. The molecule has 31 heavy (non-hydrogen) atoms. The van der Waals surface area contributed by atoms with Crippen molar-refractivity contribution in [1.29, 1.82) is 5.26 Å². The molecule has 2 aliphatic heterocycles. The maximum absolute atomic E-state index is 13.5. The Balaban J connectivity index is 1.37. The number of likely N-dealkylation sites (tertiary alicyclic amines) is 1. The van der Waals surface area contributed by atoms with E-state index in [1.54, 1.807) is 0 Å². The summed E-state index contributed by atoms with van der Waals surface area (Å²) in [5.41, 5.74) is 5.97. The van der Waals surface area contributed by atoms with E-state index in [0.29, 0.717) is 10.3 Å². The molecule has 2 fully saturated rings. The number of nitrogens with zero attached hydrogens (tertiary/aromatic N) is 3. The van der Waals surface area contributed by atoms with Gasteiger partial charge in [0.1, 0.15) is 10.9 Å². The van der Waals surface area contributed by atoms with Crippen LogP contribution in [0.15, 0.2) is 24.3 Å². The monoisotopic (exact) mass is 430 g/mol. The van der Waals surface area contributed by atoms with Crippen molar-refractivity contribution in [3.8, 4) is 6.07 Å². The van der Waals surface area contributed by atoms with Crippen LogP contribution in [0, 0.1) is 16.7 Å². The van der Waals surface area contributed by atoms with E-state index in [0.717, 1.165) is 45.7 Å². The minimum atomic E-state index is -0.298. The van der Waals surface area contributed by atoms with Gasteiger partial charge in [0, 0.05) is 48.5 Å². The van der Waals surface area contributed by atoms with Crippen LogP contribution in [0.4, 0.5) is 5.69 Å². The van der Waals surface area contributed by atoms with Crippen LogP contribution in [0.2, 0.25) is 0 Å². The summed E-state index contributed by atoms with van der Waals surface area (Å²) in [6.45, 7) is 9.02. The fourth-order valence-electron chi connectivity index (χ4n) is 6.09. The van der Waals surface area contributed by atoms with Crippen molar-refractivity contribution in [2.24, 2.45) is 5.41 Å². The minimum absolute atomic E-state index is 0.0727. The van der Waals surface area contributed by atoms with Crippen LogP contribution < -0.4 is 4.90 Å². The van der Waals surface area contributed by atoms with Gasteiger partial charge in [0.15, 0.2) is 5.78 Å². The highest BCUT2D eigenvalue weighted by atomic mass is 32.1. The second-order valence-corrected chi connectivity index (χ2v) is 11.2. The Bertz CT molecular complexity index is 1270. The number of aromatic amines is 1. The topological polar surface area (TPSA) is 63.1 Å². The normalized spacial score (nSPS) is 21.6. The highest BCUT2D eigenvalue weighted by molar-refractivity contribution is 7.20. The average molecular weight is 431 g/mol. The van der Waals surface area contributed by atoms with Gasteiger partial charge in [-0.1, -0.05) is 13.8 Å². The number of ketones is 1. The molecule has 6 rings (SSSR count). The van der Waals surface area contributed by atoms with Crippen molar-refractivity contribution in [1.82, 2.24) is 9.88 Å². The zero-order chi connectivity index (χ0) is 21.5. The molecule has 4 heterocycles. The zero-order valence-corrected chi connectivity index (χ0v) is 19.0. The summed E-state index contributed by atoms with van der Waals surface area (Å²) in [4.78, 5) is 22.5. The van der Waals surface area contributed by atoms with Gasteiger partial charge in [0.05, 0.1) is 15.8 Å². The molecule has 0 saturated carbocycles. The van der Waals surface area contributed by atoms with Gasteiger partial charge in [-0.15, -0.1) is 11.3 Å². The van der Waals surface area contributed by atoms with Gasteiger partial charge in [-0.3, -0.25) is 4.79 Å². The second-order valence-electron chi connectivity index (χ2n) is 10.2. The third-order valence-corrected chi connectivity index (χ3v) is 8.81. The van der Waals surface area contributed by atoms with Crippen LogP contribution in [-0.2, 0) is 5.41 Å². The SMILES string of the molecule is CN1CC2(CCN(c3ccc4c(c3)C(C)(C)c3[nH]c5cc(C#N)sc5c3C4=O)CC2)C1. The first-order valence-corrected chi connectivity index (χ1v) is 11.8. The first-order valence-electron chi connectivity index (χ1n) is 11.0. The van der Waals surface area contributed by atoms with E-state index in [-0.39, 0.29) is 11.2 Å². The third kappa shape index (κ3) is 2.60. The molecule has 2 aromatic heterocycles. The summed E-state index contributed by atoms with van der Waals surface area (Å²) < 4.78 is 0.908. The van der Waals surface area contributed by atoms with Crippen molar-refractivity contribution >= 4 is 33.0 Å². The van der Waals surface area contributed by atoms with Gasteiger partial charge in [-0.2, -0.15) is 5.26 Å². The van der Waals surface area contributed by atoms with E-state index >= 15 is 0 Å². The van der Waals surface area contributed by atoms with E-state index in [9.17, 15) is 10.1 Å². The molecule has 2 saturated heterocycles. The van der Waals surface area contributed by atoms with Crippen LogP contribution in [0.3, 0.4) is 0 Å². The summed E-state index contributed by atoms with van der Waals surface area (Å²) in [6, 6.07) is 10.5. The van der Waals surface area contributed by atoms with Crippen molar-refractivity contribution in [3.63, 3.8) is 0 Å². The number of benzene rings is 1. The lowest BCUT2D eigenvalue weighted by molar-refractivity contribution is 0.00131. The summed E-state index contributed by atoms with van der Waals surface area (Å²) in [5.74, 6) is 0.0727. The summed E-state index contributed by atoms with van der Waals surface area (Å²) in [7, 11) is 2.21. The maximum atomic E-state index is 13.5. The lowest BCUT2D eigenvalue weighted by atomic mass is 9.71.